The minimum absolute atomic E-state index is 0.00343. The van der Waals surface area contributed by atoms with Gasteiger partial charge in [0, 0.05) is 18.2 Å². The van der Waals surface area contributed by atoms with Crippen LogP contribution in [-0.2, 0) is 4.79 Å². The van der Waals surface area contributed by atoms with Crippen LogP contribution in [0.2, 0.25) is 0 Å². The summed E-state index contributed by atoms with van der Waals surface area (Å²) >= 11 is 0. The fourth-order valence-electron chi connectivity index (χ4n) is 2.59. The monoisotopic (exact) mass is 265 g/mol. The lowest BCUT2D eigenvalue weighted by atomic mass is 10.0. The maximum atomic E-state index is 12.5. The first kappa shape index (κ1) is 13.6. The third-order valence-corrected chi connectivity index (χ3v) is 3.56. The number of aliphatic carboxylic acids is 1. The molecule has 1 aromatic rings. The van der Waals surface area contributed by atoms with E-state index in [1.807, 2.05) is 13.8 Å². The van der Waals surface area contributed by atoms with Gasteiger partial charge in [0.2, 0.25) is 0 Å². The van der Waals surface area contributed by atoms with Crippen LogP contribution in [0, 0.1) is 0 Å². The maximum absolute atomic E-state index is 12.5. The Labute approximate surface area is 112 Å². The van der Waals surface area contributed by atoms with Crippen molar-refractivity contribution in [3.05, 3.63) is 23.7 Å². The predicted octanol–water partition coefficient (Wildman–Crippen LogP) is 2.48. The summed E-state index contributed by atoms with van der Waals surface area (Å²) in [6.07, 6.45) is 3.12. The lowest BCUT2D eigenvalue weighted by Crippen LogP contribution is -2.37. The van der Waals surface area contributed by atoms with Gasteiger partial charge in [0.1, 0.15) is 0 Å². The van der Waals surface area contributed by atoms with E-state index in [2.05, 4.69) is 0 Å². The smallest absolute Gasteiger partial charge is 0.305 e. The van der Waals surface area contributed by atoms with Crippen molar-refractivity contribution in [2.45, 2.75) is 45.1 Å². The van der Waals surface area contributed by atoms with Crippen LogP contribution in [0.25, 0.3) is 0 Å². The van der Waals surface area contributed by atoms with Crippen molar-refractivity contribution in [2.24, 2.45) is 0 Å². The summed E-state index contributed by atoms with van der Waals surface area (Å²) in [4.78, 5) is 24.9. The van der Waals surface area contributed by atoms with Crippen LogP contribution in [0.15, 0.2) is 16.7 Å². The van der Waals surface area contributed by atoms with E-state index < -0.39 is 5.97 Å². The van der Waals surface area contributed by atoms with E-state index >= 15 is 0 Å². The molecule has 2 heterocycles. The Bertz CT molecular complexity index is 478. The topological polar surface area (TPSA) is 70.8 Å². The van der Waals surface area contributed by atoms with Crippen LogP contribution in [0.1, 0.15) is 55.1 Å². The number of rotatable bonds is 4. The molecule has 1 aromatic heterocycles. The SMILES string of the molecule is CC(C)c1ccoc1C(=O)N1CCC[C@@H]1CC(=O)O. The zero-order valence-electron chi connectivity index (χ0n) is 11.3. The zero-order valence-corrected chi connectivity index (χ0v) is 11.3. The molecule has 0 spiro atoms. The van der Waals surface area contributed by atoms with Crippen LogP contribution in [0.3, 0.4) is 0 Å². The van der Waals surface area contributed by atoms with Crippen molar-refractivity contribution in [1.82, 2.24) is 4.90 Å². The maximum Gasteiger partial charge on any atom is 0.305 e. The molecule has 1 amide bonds. The summed E-state index contributed by atoms with van der Waals surface area (Å²) in [5.74, 6) is -0.490. The first-order valence-corrected chi connectivity index (χ1v) is 6.61. The molecule has 0 unspecified atom stereocenters. The molecule has 0 aliphatic carbocycles. The van der Waals surface area contributed by atoms with E-state index in [1.165, 1.54) is 6.26 Å². The summed E-state index contributed by atoms with van der Waals surface area (Å²) in [5, 5.41) is 8.89. The summed E-state index contributed by atoms with van der Waals surface area (Å²) < 4.78 is 5.31. The number of likely N-dealkylation sites (tertiary alicyclic amines) is 1. The number of hydrogen-bond donors (Lipinski definition) is 1. The highest BCUT2D eigenvalue weighted by atomic mass is 16.4. The molecule has 0 bridgehead atoms. The highest BCUT2D eigenvalue weighted by Crippen LogP contribution is 2.27. The molecule has 104 valence electrons. The number of carbonyl (C=O) groups excluding carboxylic acids is 1. The van der Waals surface area contributed by atoms with Crippen LogP contribution in [-0.4, -0.2) is 34.5 Å². The Kier molecular flexibility index (Phi) is 3.93. The molecule has 1 N–H and O–H groups in total. The fourth-order valence-corrected chi connectivity index (χ4v) is 2.59. The lowest BCUT2D eigenvalue weighted by Gasteiger charge is -2.23. The van der Waals surface area contributed by atoms with E-state index in [0.717, 1.165) is 18.4 Å². The van der Waals surface area contributed by atoms with Gasteiger partial charge >= 0.3 is 5.97 Å². The average Bonchev–Trinajstić information content (AvgIpc) is 2.94. The van der Waals surface area contributed by atoms with Gasteiger partial charge in [-0.05, 0) is 24.8 Å². The summed E-state index contributed by atoms with van der Waals surface area (Å²) in [5.41, 5.74) is 0.881. The quantitative estimate of drug-likeness (QED) is 0.907. The molecule has 0 aromatic carbocycles. The normalized spacial score (nSPS) is 19.1. The number of carboxylic acid groups (broad SMARTS) is 1. The third kappa shape index (κ3) is 2.80. The van der Waals surface area contributed by atoms with Crippen molar-refractivity contribution >= 4 is 11.9 Å². The van der Waals surface area contributed by atoms with Crippen molar-refractivity contribution in [3.8, 4) is 0 Å². The first-order valence-electron chi connectivity index (χ1n) is 6.61. The third-order valence-electron chi connectivity index (χ3n) is 3.56. The molecule has 5 heteroatoms. The van der Waals surface area contributed by atoms with Gasteiger partial charge in [-0.25, -0.2) is 0 Å². The number of furan rings is 1. The lowest BCUT2D eigenvalue weighted by molar-refractivity contribution is -0.137. The van der Waals surface area contributed by atoms with E-state index in [-0.39, 0.29) is 24.3 Å². The number of amides is 1. The molecule has 2 rings (SSSR count). The van der Waals surface area contributed by atoms with Gasteiger partial charge in [0.05, 0.1) is 12.7 Å². The molecular formula is C14H19NO4. The predicted molar refractivity (Wildman–Crippen MR) is 69.1 cm³/mol. The van der Waals surface area contributed by atoms with Crippen molar-refractivity contribution in [3.63, 3.8) is 0 Å². The number of carbonyl (C=O) groups is 2. The molecule has 5 nitrogen and oxygen atoms in total. The van der Waals surface area contributed by atoms with E-state index in [1.54, 1.807) is 11.0 Å². The second-order valence-corrected chi connectivity index (χ2v) is 5.25. The Morgan fingerprint density at radius 3 is 2.89 bits per heavy atom. The molecule has 1 fully saturated rings. The average molecular weight is 265 g/mol. The molecule has 1 atom stereocenters. The molecule has 1 aliphatic rings. The number of nitrogens with zero attached hydrogens (tertiary/aromatic N) is 1. The Balaban J connectivity index is 2.18. The Morgan fingerprint density at radius 1 is 1.53 bits per heavy atom. The van der Waals surface area contributed by atoms with Gasteiger partial charge in [0.25, 0.3) is 5.91 Å². The Morgan fingerprint density at radius 2 is 2.26 bits per heavy atom. The van der Waals surface area contributed by atoms with Crippen molar-refractivity contribution in [1.29, 1.82) is 0 Å². The Hall–Kier alpha value is -1.78. The van der Waals surface area contributed by atoms with E-state index in [0.29, 0.717) is 12.3 Å². The van der Waals surface area contributed by atoms with Crippen LogP contribution in [0.4, 0.5) is 0 Å². The minimum Gasteiger partial charge on any atom is -0.481 e. The minimum atomic E-state index is -0.867. The summed E-state index contributed by atoms with van der Waals surface area (Å²) in [6.45, 7) is 4.61. The van der Waals surface area contributed by atoms with E-state index in [4.69, 9.17) is 9.52 Å². The highest BCUT2D eigenvalue weighted by molar-refractivity contribution is 5.93. The fraction of sp³-hybridized carbons (Fsp3) is 0.571. The highest BCUT2D eigenvalue weighted by Gasteiger charge is 2.33. The van der Waals surface area contributed by atoms with Gasteiger partial charge < -0.3 is 14.4 Å². The standard InChI is InChI=1S/C14H19NO4/c1-9(2)11-5-7-19-13(11)14(18)15-6-3-4-10(15)8-12(16)17/h5,7,9-10H,3-4,6,8H2,1-2H3,(H,16,17)/t10-/m1/s1. The first-order chi connectivity index (χ1) is 9.00. The number of carboxylic acids is 1. The van der Waals surface area contributed by atoms with Crippen molar-refractivity contribution < 1.29 is 19.1 Å². The molecule has 0 saturated carbocycles. The van der Waals surface area contributed by atoms with Gasteiger partial charge in [-0.2, -0.15) is 0 Å². The van der Waals surface area contributed by atoms with Gasteiger partial charge in [-0.15, -0.1) is 0 Å². The second-order valence-electron chi connectivity index (χ2n) is 5.25. The summed E-state index contributed by atoms with van der Waals surface area (Å²) in [6, 6.07) is 1.59. The van der Waals surface area contributed by atoms with Crippen LogP contribution < -0.4 is 0 Å². The second kappa shape index (κ2) is 5.47. The largest absolute Gasteiger partial charge is 0.481 e. The molecule has 0 radical (unpaired) electrons. The molecule has 19 heavy (non-hydrogen) atoms. The van der Waals surface area contributed by atoms with Gasteiger partial charge in [0.15, 0.2) is 5.76 Å². The van der Waals surface area contributed by atoms with Crippen LogP contribution >= 0.6 is 0 Å². The summed E-state index contributed by atoms with van der Waals surface area (Å²) in [7, 11) is 0. The van der Waals surface area contributed by atoms with Gasteiger partial charge in [-0.1, -0.05) is 13.8 Å². The van der Waals surface area contributed by atoms with Crippen molar-refractivity contribution in [2.75, 3.05) is 6.54 Å². The number of hydrogen-bond acceptors (Lipinski definition) is 3. The molecular weight excluding hydrogens is 246 g/mol. The van der Waals surface area contributed by atoms with E-state index in [9.17, 15) is 9.59 Å². The van der Waals surface area contributed by atoms with Crippen LogP contribution in [0.5, 0.6) is 0 Å². The molecule has 1 aliphatic heterocycles. The zero-order chi connectivity index (χ0) is 14.0. The molecule has 1 saturated heterocycles. The van der Waals surface area contributed by atoms with Gasteiger partial charge in [-0.3, -0.25) is 9.59 Å².